The highest BCUT2D eigenvalue weighted by molar-refractivity contribution is 4.95. The van der Waals surface area contributed by atoms with Gasteiger partial charge in [-0.05, 0) is 13.8 Å². The summed E-state index contributed by atoms with van der Waals surface area (Å²) < 4.78 is 0. The van der Waals surface area contributed by atoms with E-state index in [4.69, 9.17) is 16.6 Å². The van der Waals surface area contributed by atoms with Gasteiger partial charge in [0.25, 0.3) is 0 Å². The zero-order chi connectivity index (χ0) is 7.44. The lowest BCUT2D eigenvalue weighted by Gasteiger charge is -2.15. The maximum absolute atomic E-state index is 9.00. The van der Waals surface area contributed by atoms with Crippen molar-refractivity contribution in [2.24, 2.45) is 5.92 Å². The van der Waals surface area contributed by atoms with Crippen LogP contribution in [0.2, 0.25) is 0 Å². The molecule has 0 heterocycles. The van der Waals surface area contributed by atoms with E-state index < -0.39 is 12.2 Å². The third-order valence-corrected chi connectivity index (χ3v) is 1.27. The van der Waals surface area contributed by atoms with Crippen LogP contribution >= 0.6 is 0 Å². The minimum atomic E-state index is -0.796. The van der Waals surface area contributed by atoms with Gasteiger partial charge >= 0.3 is 0 Å². The van der Waals surface area contributed by atoms with E-state index in [1.165, 1.54) is 6.92 Å². The molecule has 0 spiro atoms. The van der Waals surface area contributed by atoms with Gasteiger partial charge in [-0.25, -0.2) is 0 Å². The molecule has 0 unspecified atom stereocenters. The van der Waals surface area contributed by atoms with Crippen LogP contribution in [0.1, 0.15) is 13.8 Å². The SMILES string of the molecule is C#C[C@@H](C)[C@@H](O)[C@H](C)O. The first kappa shape index (κ1) is 8.48. The van der Waals surface area contributed by atoms with Gasteiger partial charge in [-0.2, -0.15) is 0 Å². The van der Waals surface area contributed by atoms with Crippen LogP contribution in [0.5, 0.6) is 0 Å². The lowest BCUT2D eigenvalue weighted by Crippen LogP contribution is -2.28. The van der Waals surface area contributed by atoms with Crippen molar-refractivity contribution in [3.8, 4) is 12.3 Å². The molecular formula is C7H12O2. The molecule has 0 aromatic carbocycles. The Bertz CT molecular complexity index is 113. The lowest BCUT2D eigenvalue weighted by molar-refractivity contribution is 0.0120. The van der Waals surface area contributed by atoms with Crippen molar-refractivity contribution in [2.45, 2.75) is 26.1 Å². The first-order chi connectivity index (χ1) is 4.09. The van der Waals surface area contributed by atoms with Crippen molar-refractivity contribution in [1.29, 1.82) is 0 Å². The maximum atomic E-state index is 9.00. The second-order valence-electron chi connectivity index (χ2n) is 2.19. The van der Waals surface area contributed by atoms with Crippen LogP contribution in [-0.2, 0) is 0 Å². The number of hydrogen-bond acceptors (Lipinski definition) is 2. The molecule has 0 aliphatic carbocycles. The van der Waals surface area contributed by atoms with Gasteiger partial charge in [-0.3, -0.25) is 0 Å². The standard InChI is InChI=1S/C7H12O2/c1-4-5(2)7(9)6(3)8/h1,5-9H,2-3H3/t5-,6+,7-/m1/s1. The number of aliphatic hydroxyl groups is 2. The Hall–Kier alpha value is -0.520. The van der Waals surface area contributed by atoms with Gasteiger partial charge in [0.05, 0.1) is 12.2 Å². The summed E-state index contributed by atoms with van der Waals surface area (Å²) in [5.74, 6) is 2.06. The number of aliphatic hydroxyl groups excluding tert-OH is 2. The van der Waals surface area contributed by atoms with Crippen LogP contribution in [0.4, 0.5) is 0 Å². The third kappa shape index (κ3) is 2.50. The van der Waals surface area contributed by atoms with Crippen LogP contribution in [0, 0.1) is 18.3 Å². The van der Waals surface area contributed by atoms with Crippen molar-refractivity contribution >= 4 is 0 Å². The molecule has 0 aromatic heterocycles. The van der Waals surface area contributed by atoms with Crippen LogP contribution in [0.25, 0.3) is 0 Å². The second kappa shape index (κ2) is 3.49. The van der Waals surface area contributed by atoms with Crippen molar-refractivity contribution in [3.05, 3.63) is 0 Å². The molecule has 2 heteroatoms. The fourth-order valence-corrected chi connectivity index (χ4v) is 0.516. The summed E-state index contributed by atoms with van der Waals surface area (Å²) in [5.41, 5.74) is 0. The molecule has 0 rings (SSSR count). The second-order valence-corrected chi connectivity index (χ2v) is 2.19. The van der Waals surface area contributed by atoms with E-state index in [0.29, 0.717) is 0 Å². The molecule has 0 aliphatic rings. The summed E-state index contributed by atoms with van der Waals surface area (Å²) in [6, 6.07) is 0. The quantitative estimate of drug-likeness (QED) is 0.514. The molecule has 0 fully saturated rings. The highest BCUT2D eigenvalue weighted by atomic mass is 16.3. The Labute approximate surface area is 55.5 Å². The fraction of sp³-hybridized carbons (Fsp3) is 0.714. The first-order valence-corrected chi connectivity index (χ1v) is 2.92. The van der Waals surface area contributed by atoms with E-state index in [-0.39, 0.29) is 5.92 Å². The molecule has 0 aromatic rings. The highest BCUT2D eigenvalue weighted by Crippen LogP contribution is 2.04. The minimum absolute atomic E-state index is 0.273. The van der Waals surface area contributed by atoms with Crippen molar-refractivity contribution < 1.29 is 10.2 Å². The van der Waals surface area contributed by atoms with E-state index in [9.17, 15) is 0 Å². The Morgan fingerprint density at radius 3 is 1.89 bits per heavy atom. The lowest BCUT2D eigenvalue weighted by atomic mass is 10.0. The zero-order valence-corrected chi connectivity index (χ0v) is 5.70. The van der Waals surface area contributed by atoms with E-state index in [1.54, 1.807) is 6.92 Å². The summed E-state index contributed by atoms with van der Waals surface area (Å²) in [6.07, 6.45) is 3.45. The molecule has 0 aliphatic heterocycles. The van der Waals surface area contributed by atoms with Gasteiger partial charge in [-0.1, -0.05) is 0 Å². The molecule has 52 valence electrons. The van der Waals surface area contributed by atoms with Gasteiger partial charge in [0, 0.05) is 5.92 Å². The Kier molecular flexibility index (Phi) is 3.29. The van der Waals surface area contributed by atoms with Crippen LogP contribution in [0.3, 0.4) is 0 Å². The monoisotopic (exact) mass is 128 g/mol. The predicted octanol–water partition coefficient (Wildman–Crippen LogP) is -0.00260. The molecule has 0 saturated heterocycles. The van der Waals surface area contributed by atoms with Crippen molar-refractivity contribution in [1.82, 2.24) is 0 Å². The fourth-order valence-electron chi connectivity index (χ4n) is 0.516. The Balaban J connectivity index is 3.76. The van der Waals surface area contributed by atoms with Gasteiger partial charge in [-0.15, -0.1) is 12.3 Å². The van der Waals surface area contributed by atoms with Gasteiger partial charge in [0.2, 0.25) is 0 Å². The third-order valence-electron chi connectivity index (χ3n) is 1.27. The largest absolute Gasteiger partial charge is 0.391 e. The van der Waals surface area contributed by atoms with Crippen LogP contribution in [-0.4, -0.2) is 22.4 Å². The summed E-state index contributed by atoms with van der Waals surface area (Å²) in [4.78, 5) is 0. The normalized spacial score (nSPS) is 19.9. The first-order valence-electron chi connectivity index (χ1n) is 2.92. The van der Waals surface area contributed by atoms with Crippen molar-refractivity contribution in [2.75, 3.05) is 0 Å². The average molecular weight is 128 g/mol. The summed E-state index contributed by atoms with van der Waals surface area (Å²) in [5, 5.41) is 17.8. The Morgan fingerprint density at radius 1 is 1.33 bits per heavy atom. The zero-order valence-electron chi connectivity index (χ0n) is 5.70. The molecule has 0 saturated carbocycles. The van der Waals surface area contributed by atoms with E-state index in [2.05, 4.69) is 5.92 Å². The molecule has 2 N–H and O–H groups in total. The average Bonchev–Trinajstić information content (AvgIpc) is 1.84. The molecule has 3 atom stereocenters. The molecule has 0 amide bonds. The number of hydrogen-bond donors (Lipinski definition) is 2. The molecule has 9 heavy (non-hydrogen) atoms. The minimum Gasteiger partial charge on any atom is -0.391 e. The number of rotatable bonds is 2. The van der Waals surface area contributed by atoms with Gasteiger partial charge < -0.3 is 10.2 Å². The summed E-state index contributed by atoms with van der Waals surface area (Å²) in [6.45, 7) is 3.20. The number of terminal acetylenes is 1. The maximum Gasteiger partial charge on any atom is 0.0930 e. The topological polar surface area (TPSA) is 40.5 Å². The van der Waals surface area contributed by atoms with Crippen LogP contribution < -0.4 is 0 Å². The molecule has 0 radical (unpaired) electrons. The highest BCUT2D eigenvalue weighted by Gasteiger charge is 2.16. The van der Waals surface area contributed by atoms with E-state index in [1.807, 2.05) is 0 Å². The van der Waals surface area contributed by atoms with Crippen LogP contribution in [0.15, 0.2) is 0 Å². The van der Waals surface area contributed by atoms with E-state index >= 15 is 0 Å². The summed E-state index contributed by atoms with van der Waals surface area (Å²) in [7, 11) is 0. The van der Waals surface area contributed by atoms with Gasteiger partial charge in [0.1, 0.15) is 0 Å². The van der Waals surface area contributed by atoms with Gasteiger partial charge in [0.15, 0.2) is 0 Å². The van der Waals surface area contributed by atoms with Crippen molar-refractivity contribution in [3.63, 3.8) is 0 Å². The van der Waals surface area contributed by atoms with E-state index in [0.717, 1.165) is 0 Å². The Morgan fingerprint density at radius 2 is 1.78 bits per heavy atom. The molecule has 0 bridgehead atoms. The molecule has 2 nitrogen and oxygen atoms in total. The molecular weight excluding hydrogens is 116 g/mol. The smallest absolute Gasteiger partial charge is 0.0930 e. The predicted molar refractivity (Wildman–Crippen MR) is 35.7 cm³/mol. The summed E-state index contributed by atoms with van der Waals surface area (Å²) >= 11 is 0.